The molecule has 0 aliphatic rings. The van der Waals surface area contributed by atoms with E-state index >= 15 is 0 Å². The number of hydrogen-bond donors (Lipinski definition) is 1. The highest BCUT2D eigenvalue weighted by Crippen LogP contribution is 2.23. The molecular formula is C16H15N3O3S. The molecule has 0 bridgehead atoms. The zero-order valence-electron chi connectivity index (χ0n) is 12.7. The molecular weight excluding hydrogens is 314 g/mol. The third kappa shape index (κ3) is 3.62. The first-order valence-electron chi connectivity index (χ1n) is 6.95. The Balaban J connectivity index is 1.64. The third-order valence-corrected chi connectivity index (χ3v) is 4.05. The SMILES string of the molecule is COC(=O)c1ccc(CSc2n[nH]c(-c3ccc(C)cc3)n2)o1. The summed E-state index contributed by atoms with van der Waals surface area (Å²) in [5.74, 6) is 1.63. The van der Waals surface area contributed by atoms with Crippen LogP contribution < -0.4 is 0 Å². The van der Waals surface area contributed by atoms with Gasteiger partial charge in [0.05, 0.1) is 12.9 Å². The normalized spacial score (nSPS) is 10.7. The number of aryl methyl sites for hydroxylation is 1. The summed E-state index contributed by atoms with van der Waals surface area (Å²) >= 11 is 1.43. The molecule has 0 aliphatic carbocycles. The van der Waals surface area contributed by atoms with Crippen LogP contribution in [0.25, 0.3) is 11.4 Å². The van der Waals surface area contributed by atoms with Gasteiger partial charge in [0.2, 0.25) is 10.9 Å². The molecule has 0 saturated carbocycles. The fourth-order valence-corrected chi connectivity index (χ4v) is 2.65. The van der Waals surface area contributed by atoms with E-state index in [2.05, 4.69) is 19.9 Å². The van der Waals surface area contributed by atoms with Gasteiger partial charge in [-0.15, -0.1) is 5.10 Å². The number of rotatable bonds is 5. The second kappa shape index (κ2) is 6.70. The van der Waals surface area contributed by atoms with E-state index in [0.717, 1.165) is 11.4 Å². The topological polar surface area (TPSA) is 81.0 Å². The highest BCUT2D eigenvalue weighted by molar-refractivity contribution is 7.98. The van der Waals surface area contributed by atoms with Gasteiger partial charge < -0.3 is 9.15 Å². The molecule has 0 atom stereocenters. The van der Waals surface area contributed by atoms with Gasteiger partial charge in [-0.2, -0.15) is 0 Å². The summed E-state index contributed by atoms with van der Waals surface area (Å²) in [5.41, 5.74) is 2.18. The zero-order chi connectivity index (χ0) is 16.2. The zero-order valence-corrected chi connectivity index (χ0v) is 13.5. The lowest BCUT2D eigenvalue weighted by atomic mass is 10.1. The summed E-state index contributed by atoms with van der Waals surface area (Å²) in [6.07, 6.45) is 0. The predicted molar refractivity (Wildman–Crippen MR) is 86.2 cm³/mol. The van der Waals surface area contributed by atoms with E-state index in [9.17, 15) is 4.79 Å². The summed E-state index contributed by atoms with van der Waals surface area (Å²) in [6, 6.07) is 11.4. The molecule has 0 fully saturated rings. The Bertz CT molecular complexity index is 808. The number of esters is 1. The fraction of sp³-hybridized carbons (Fsp3) is 0.188. The molecule has 6 nitrogen and oxygen atoms in total. The number of ether oxygens (including phenoxy) is 1. The monoisotopic (exact) mass is 329 g/mol. The first-order valence-corrected chi connectivity index (χ1v) is 7.93. The van der Waals surface area contributed by atoms with E-state index in [-0.39, 0.29) is 5.76 Å². The molecule has 2 aromatic heterocycles. The minimum atomic E-state index is -0.485. The molecule has 0 radical (unpaired) electrons. The Hall–Kier alpha value is -2.54. The standard InChI is InChI=1S/C16H15N3O3S/c1-10-3-5-11(6-4-10)14-17-16(19-18-14)23-9-12-7-8-13(22-12)15(20)21-2/h3-8H,9H2,1-2H3,(H,17,18,19). The molecule has 3 aromatic rings. The number of H-pyrrole nitrogens is 1. The molecule has 0 aliphatic heterocycles. The Labute approximate surface area is 137 Å². The Kier molecular flexibility index (Phi) is 4.47. The van der Waals surface area contributed by atoms with Crippen molar-refractivity contribution in [2.24, 2.45) is 0 Å². The second-order valence-corrected chi connectivity index (χ2v) is 5.82. The number of benzene rings is 1. The van der Waals surface area contributed by atoms with Crippen molar-refractivity contribution in [1.82, 2.24) is 15.2 Å². The first kappa shape index (κ1) is 15.4. The summed E-state index contributed by atoms with van der Waals surface area (Å²) in [6.45, 7) is 2.04. The van der Waals surface area contributed by atoms with Crippen LogP contribution in [0.3, 0.4) is 0 Å². The molecule has 23 heavy (non-hydrogen) atoms. The highest BCUT2D eigenvalue weighted by Gasteiger charge is 2.12. The number of furan rings is 1. The van der Waals surface area contributed by atoms with Crippen LogP contribution in [0, 0.1) is 6.92 Å². The van der Waals surface area contributed by atoms with E-state index in [4.69, 9.17) is 4.42 Å². The lowest BCUT2D eigenvalue weighted by Crippen LogP contribution is -1.98. The average Bonchev–Trinajstić information content (AvgIpc) is 3.22. The molecule has 0 unspecified atom stereocenters. The van der Waals surface area contributed by atoms with Crippen LogP contribution in [0.2, 0.25) is 0 Å². The first-order chi connectivity index (χ1) is 11.2. The van der Waals surface area contributed by atoms with Crippen molar-refractivity contribution in [1.29, 1.82) is 0 Å². The van der Waals surface area contributed by atoms with Gasteiger partial charge in [-0.1, -0.05) is 41.6 Å². The molecule has 0 saturated heterocycles. The average molecular weight is 329 g/mol. The van der Waals surface area contributed by atoms with Crippen molar-refractivity contribution in [3.63, 3.8) is 0 Å². The molecule has 118 valence electrons. The largest absolute Gasteiger partial charge is 0.463 e. The van der Waals surface area contributed by atoms with Crippen molar-refractivity contribution < 1.29 is 13.9 Å². The molecule has 2 heterocycles. The number of nitrogens with zero attached hydrogens (tertiary/aromatic N) is 2. The molecule has 0 spiro atoms. The number of hydrogen-bond acceptors (Lipinski definition) is 6. The number of carbonyl (C=O) groups excluding carboxylic acids is 1. The summed E-state index contributed by atoms with van der Waals surface area (Å²) in [5, 5.41) is 7.73. The van der Waals surface area contributed by atoms with Crippen LogP contribution in [0.5, 0.6) is 0 Å². The fourth-order valence-electron chi connectivity index (χ4n) is 1.95. The van der Waals surface area contributed by atoms with E-state index in [1.807, 2.05) is 31.2 Å². The van der Waals surface area contributed by atoms with Crippen molar-refractivity contribution in [3.05, 3.63) is 53.5 Å². The molecule has 1 aromatic carbocycles. The van der Waals surface area contributed by atoms with Gasteiger partial charge in [-0.05, 0) is 19.1 Å². The number of nitrogens with one attached hydrogen (secondary N) is 1. The lowest BCUT2D eigenvalue weighted by molar-refractivity contribution is 0.0563. The predicted octanol–water partition coefficient (Wildman–Crippen LogP) is 3.45. The highest BCUT2D eigenvalue weighted by atomic mass is 32.2. The number of carbonyl (C=O) groups is 1. The van der Waals surface area contributed by atoms with Gasteiger partial charge in [0.1, 0.15) is 5.76 Å². The van der Waals surface area contributed by atoms with Crippen LogP contribution in [-0.4, -0.2) is 28.3 Å². The second-order valence-electron chi connectivity index (χ2n) is 4.88. The van der Waals surface area contributed by atoms with Crippen molar-refractivity contribution in [2.75, 3.05) is 7.11 Å². The van der Waals surface area contributed by atoms with Crippen molar-refractivity contribution in [2.45, 2.75) is 17.8 Å². The van der Waals surface area contributed by atoms with Crippen LogP contribution in [0.1, 0.15) is 21.9 Å². The maximum atomic E-state index is 11.3. The number of methoxy groups -OCH3 is 1. The van der Waals surface area contributed by atoms with E-state index in [1.165, 1.54) is 24.4 Å². The minimum absolute atomic E-state index is 0.193. The summed E-state index contributed by atoms with van der Waals surface area (Å²) < 4.78 is 10.0. The Morgan fingerprint density at radius 1 is 1.26 bits per heavy atom. The number of aromatic nitrogens is 3. The van der Waals surface area contributed by atoms with Gasteiger partial charge in [-0.3, -0.25) is 5.10 Å². The van der Waals surface area contributed by atoms with Crippen molar-refractivity contribution in [3.8, 4) is 11.4 Å². The van der Waals surface area contributed by atoms with Gasteiger partial charge in [0.25, 0.3) is 0 Å². The maximum absolute atomic E-state index is 11.3. The third-order valence-electron chi connectivity index (χ3n) is 3.18. The van der Waals surface area contributed by atoms with Gasteiger partial charge in [0, 0.05) is 5.56 Å². The summed E-state index contributed by atoms with van der Waals surface area (Å²) in [4.78, 5) is 15.8. The van der Waals surface area contributed by atoms with Gasteiger partial charge >= 0.3 is 5.97 Å². The van der Waals surface area contributed by atoms with Crippen LogP contribution in [0.4, 0.5) is 0 Å². The Morgan fingerprint density at radius 3 is 2.78 bits per heavy atom. The van der Waals surface area contributed by atoms with Crippen LogP contribution >= 0.6 is 11.8 Å². The van der Waals surface area contributed by atoms with E-state index < -0.39 is 5.97 Å². The molecule has 0 amide bonds. The molecule has 3 rings (SSSR count). The van der Waals surface area contributed by atoms with Crippen LogP contribution in [0.15, 0.2) is 46.0 Å². The molecule has 7 heteroatoms. The maximum Gasteiger partial charge on any atom is 0.373 e. The summed E-state index contributed by atoms with van der Waals surface area (Å²) in [7, 11) is 1.32. The van der Waals surface area contributed by atoms with Gasteiger partial charge in [-0.25, -0.2) is 9.78 Å². The van der Waals surface area contributed by atoms with Crippen LogP contribution in [-0.2, 0) is 10.5 Å². The van der Waals surface area contributed by atoms with Gasteiger partial charge in [0.15, 0.2) is 5.82 Å². The quantitative estimate of drug-likeness (QED) is 0.570. The van der Waals surface area contributed by atoms with E-state index in [1.54, 1.807) is 12.1 Å². The smallest absolute Gasteiger partial charge is 0.373 e. The van der Waals surface area contributed by atoms with E-state index in [0.29, 0.717) is 16.7 Å². The molecule has 1 N–H and O–H groups in total. The minimum Gasteiger partial charge on any atom is -0.463 e. The van der Waals surface area contributed by atoms with Crippen molar-refractivity contribution >= 4 is 17.7 Å². The number of aromatic amines is 1. The Morgan fingerprint density at radius 2 is 2.04 bits per heavy atom. The lowest BCUT2D eigenvalue weighted by Gasteiger charge is -1.96. The number of thioether (sulfide) groups is 1.